The molecule has 0 bridgehead atoms. The van der Waals surface area contributed by atoms with Crippen molar-refractivity contribution >= 4 is 44.7 Å². The summed E-state index contributed by atoms with van der Waals surface area (Å²) in [6.07, 6.45) is 3.54. The molecule has 1 amide bonds. The number of aryl methyl sites for hydroxylation is 1. The number of rotatable bonds is 5. The number of piperazine rings is 1. The van der Waals surface area contributed by atoms with Gasteiger partial charge in [-0.15, -0.1) is 11.3 Å². The second-order valence-corrected chi connectivity index (χ2v) is 9.19. The fourth-order valence-corrected chi connectivity index (χ4v) is 4.79. The van der Waals surface area contributed by atoms with Gasteiger partial charge in [0.25, 0.3) is 11.6 Å². The molecule has 1 aliphatic carbocycles. The molecular formula is C21H22N6O3S. The van der Waals surface area contributed by atoms with Crippen LogP contribution in [0.15, 0.2) is 30.6 Å². The average molecular weight is 439 g/mol. The Morgan fingerprint density at radius 1 is 1.16 bits per heavy atom. The van der Waals surface area contributed by atoms with Crippen molar-refractivity contribution in [2.75, 3.05) is 36.0 Å². The van der Waals surface area contributed by atoms with E-state index < -0.39 is 4.92 Å². The van der Waals surface area contributed by atoms with E-state index in [2.05, 4.69) is 33.2 Å². The molecule has 2 fully saturated rings. The van der Waals surface area contributed by atoms with E-state index in [-0.39, 0.29) is 17.6 Å². The van der Waals surface area contributed by atoms with Gasteiger partial charge in [-0.1, -0.05) is 0 Å². The van der Waals surface area contributed by atoms with Gasteiger partial charge in [0.15, 0.2) is 0 Å². The molecule has 1 saturated carbocycles. The summed E-state index contributed by atoms with van der Waals surface area (Å²) >= 11 is 1.65. The summed E-state index contributed by atoms with van der Waals surface area (Å²) in [6.45, 7) is 4.71. The zero-order valence-electron chi connectivity index (χ0n) is 17.1. The first-order valence-corrected chi connectivity index (χ1v) is 11.1. The number of hydrogen-bond donors (Lipinski definition) is 1. The Hall–Kier alpha value is -3.27. The van der Waals surface area contributed by atoms with Gasteiger partial charge in [0.2, 0.25) is 0 Å². The lowest BCUT2D eigenvalue weighted by molar-refractivity contribution is -0.384. The molecule has 2 aliphatic rings. The van der Waals surface area contributed by atoms with Gasteiger partial charge in [0, 0.05) is 48.7 Å². The van der Waals surface area contributed by atoms with Crippen LogP contribution in [0.2, 0.25) is 0 Å². The third kappa shape index (κ3) is 3.90. The highest BCUT2D eigenvalue weighted by Crippen LogP contribution is 2.33. The Kier molecular flexibility index (Phi) is 4.93. The molecule has 5 rings (SSSR count). The predicted octanol–water partition coefficient (Wildman–Crippen LogP) is 3.13. The van der Waals surface area contributed by atoms with Gasteiger partial charge < -0.3 is 15.1 Å². The molecule has 0 unspecified atom stereocenters. The average Bonchev–Trinajstić information content (AvgIpc) is 3.50. The largest absolute Gasteiger partial charge is 0.362 e. The van der Waals surface area contributed by atoms with Crippen LogP contribution in [-0.4, -0.2) is 53.0 Å². The first-order chi connectivity index (χ1) is 15.0. The summed E-state index contributed by atoms with van der Waals surface area (Å²) < 4.78 is 0. The highest BCUT2D eigenvalue weighted by atomic mass is 32.1. The number of nitro groups is 1. The summed E-state index contributed by atoms with van der Waals surface area (Å²) in [6, 6.07) is 7.08. The van der Waals surface area contributed by atoms with Crippen LogP contribution in [0.5, 0.6) is 0 Å². The number of carbonyl (C=O) groups excluding carboxylic acids is 1. The van der Waals surface area contributed by atoms with Gasteiger partial charge >= 0.3 is 0 Å². The number of nitrogens with one attached hydrogen (secondary N) is 1. The summed E-state index contributed by atoms with van der Waals surface area (Å²) in [4.78, 5) is 38.9. The second kappa shape index (κ2) is 7.77. The number of thiophene rings is 1. The maximum absolute atomic E-state index is 12.3. The summed E-state index contributed by atoms with van der Waals surface area (Å²) in [5.41, 5.74) is 0.846. The van der Waals surface area contributed by atoms with Gasteiger partial charge in [-0.2, -0.15) is 0 Å². The summed E-state index contributed by atoms with van der Waals surface area (Å²) in [7, 11) is 0. The number of carbonyl (C=O) groups is 1. The molecule has 0 spiro atoms. The van der Waals surface area contributed by atoms with Crippen LogP contribution in [-0.2, 0) is 0 Å². The lowest BCUT2D eigenvalue weighted by atomic mass is 10.1. The first kappa shape index (κ1) is 19.7. The van der Waals surface area contributed by atoms with Crippen LogP contribution in [0.25, 0.3) is 10.2 Å². The summed E-state index contributed by atoms with van der Waals surface area (Å²) in [5.74, 6) is 0.663. The fraction of sp³-hybridized carbons (Fsp3) is 0.381. The maximum atomic E-state index is 12.3. The Morgan fingerprint density at radius 2 is 1.90 bits per heavy atom. The molecule has 10 heteroatoms. The molecule has 1 N–H and O–H groups in total. The standard InChI is InChI=1S/C21H22N6O3S/c1-13-10-16-19(22-12-23-21(16)31-13)26-8-6-25(7-9-26)17-5-2-14(11-18(17)27(29)30)20(28)24-15-3-4-15/h2,5,10-12,15H,3-4,6-9H2,1H3,(H,24,28). The Morgan fingerprint density at radius 3 is 2.61 bits per heavy atom. The topological polar surface area (TPSA) is 104 Å². The molecule has 0 radical (unpaired) electrons. The molecular weight excluding hydrogens is 416 g/mol. The minimum atomic E-state index is -0.405. The number of fused-ring (bicyclic) bond motifs is 1. The fourth-order valence-electron chi connectivity index (χ4n) is 3.95. The Balaban J connectivity index is 1.34. The predicted molar refractivity (Wildman–Crippen MR) is 120 cm³/mol. The highest BCUT2D eigenvalue weighted by Gasteiger charge is 2.28. The molecule has 1 saturated heterocycles. The van der Waals surface area contributed by atoms with E-state index in [0.717, 1.165) is 28.9 Å². The molecule has 2 aromatic heterocycles. The van der Waals surface area contributed by atoms with Gasteiger partial charge in [-0.05, 0) is 38.0 Å². The minimum absolute atomic E-state index is 0.0326. The normalized spacial score (nSPS) is 16.5. The Bertz CT molecular complexity index is 1170. The summed E-state index contributed by atoms with van der Waals surface area (Å²) in [5, 5.41) is 15.7. The van der Waals surface area contributed by atoms with E-state index in [1.807, 2.05) is 4.90 Å². The van der Waals surface area contributed by atoms with Gasteiger partial charge in [0.1, 0.15) is 22.7 Å². The number of hydrogen-bond acceptors (Lipinski definition) is 8. The van der Waals surface area contributed by atoms with Crippen molar-refractivity contribution in [3.05, 3.63) is 51.1 Å². The second-order valence-electron chi connectivity index (χ2n) is 7.96. The molecule has 31 heavy (non-hydrogen) atoms. The van der Waals surface area contributed by atoms with E-state index in [1.54, 1.807) is 29.8 Å². The van der Waals surface area contributed by atoms with Crippen LogP contribution in [0.3, 0.4) is 0 Å². The zero-order valence-corrected chi connectivity index (χ0v) is 17.9. The smallest absolute Gasteiger partial charge is 0.293 e. The van der Waals surface area contributed by atoms with Crippen molar-refractivity contribution in [3.63, 3.8) is 0 Å². The van der Waals surface area contributed by atoms with Crippen LogP contribution in [0.1, 0.15) is 28.1 Å². The molecule has 1 aliphatic heterocycles. The molecule has 3 aromatic rings. The third-order valence-corrected chi connectivity index (χ3v) is 6.66. The number of aromatic nitrogens is 2. The quantitative estimate of drug-likeness (QED) is 0.482. The van der Waals surface area contributed by atoms with Crippen LogP contribution in [0.4, 0.5) is 17.2 Å². The molecule has 3 heterocycles. The number of anilines is 2. The zero-order chi connectivity index (χ0) is 21.5. The van der Waals surface area contributed by atoms with Crippen LogP contribution < -0.4 is 15.1 Å². The van der Waals surface area contributed by atoms with Gasteiger partial charge in [-0.3, -0.25) is 14.9 Å². The number of benzene rings is 1. The minimum Gasteiger partial charge on any atom is -0.362 e. The van der Waals surface area contributed by atoms with Crippen molar-refractivity contribution < 1.29 is 9.72 Å². The van der Waals surface area contributed by atoms with Crippen molar-refractivity contribution in [1.29, 1.82) is 0 Å². The van der Waals surface area contributed by atoms with Crippen molar-refractivity contribution in [1.82, 2.24) is 15.3 Å². The molecule has 0 atom stereocenters. The first-order valence-electron chi connectivity index (χ1n) is 10.3. The van der Waals surface area contributed by atoms with Gasteiger partial charge in [-0.25, -0.2) is 9.97 Å². The number of nitro benzene ring substituents is 1. The SMILES string of the molecule is Cc1cc2c(N3CCN(c4ccc(C(=O)NC5CC5)cc4[N+](=O)[O-])CC3)ncnc2s1. The lowest BCUT2D eigenvalue weighted by Crippen LogP contribution is -2.47. The van der Waals surface area contributed by atoms with Crippen LogP contribution in [0, 0.1) is 17.0 Å². The molecule has 1 aromatic carbocycles. The molecule has 160 valence electrons. The van der Waals surface area contributed by atoms with E-state index in [1.165, 1.54) is 10.9 Å². The third-order valence-electron chi connectivity index (χ3n) is 5.70. The van der Waals surface area contributed by atoms with E-state index in [0.29, 0.717) is 37.4 Å². The lowest BCUT2D eigenvalue weighted by Gasteiger charge is -2.36. The highest BCUT2D eigenvalue weighted by molar-refractivity contribution is 7.18. The van der Waals surface area contributed by atoms with Crippen molar-refractivity contribution in [3.8, 4) is 0 Å². The van der Waals surface area contributed by atoms with E-state index in [4.69, 9.17) is 0 Å². The van der Waals surface area contributed by atoms with Gasteiger partial charge in [0.05, 0.1) is 10.3 Å². The van der Waals surface area contributed by atoms with Crippen molar-refractivity contribution in [2.45, 2.75) is 25.8 Å². The number of nitrogens with zero attached hydrogens (tertiary/aromatic N) is 5. The number of amides is 1. The van der Waals surface area contributed by atoms with E-state index in [9.17, 15) is 14.9 Å². The molecule has 9 nitrogen and oxygen atoms in total. The monoisotopic (exact) mass is 438 g/mol. The Labute approximate surface area is 182 Å². The maximum Gasteiger partial charge on any atom is 0.293 e. The van der Waals surface area contributed by atoms with E-state index >= 15 is 0 Å². The van der Waals surface area contributed by atoms with Crippen LogP contribution >= 0.6 is 11.3 Å². The van der Waals surface area contributed by atoms with Crippen molar-refractivity contribution in [2.24, 2.45) is 0 Å².